The molecular formula is C18H28BNO3. The Bertz CT molecular complexity index is 553. The first-order chi connectivity index (χ1) is 10.8. The number of hydrogen-bond donors (Lipinski definition) is 2. The molecule has 0 saturated carbocycles. The topological polar surface area (TPSA) is 50.7 Å². The maximum Gasteiger partial charge on any atom is 0.491 e. The number of hydrogen-bond acceptors (Lipinski definition) is 4. The van der Waals surface area contributed by atoms with Gasteiger partial charge in [-0.2, -0.15) is 0 Å². The average molecular weight is 317 g/mol. The smallest absolute Gasteiger partial charge is 0.400 e. The molecule has 1 saturated heterocycles. The van der Waals surface area contributed by atoms with Crippen LogP contribution in [0.3, 0.4) is 0 Å². The standard InChI is InChI=1S/C18H28BNO3/c1-17(2)18(3,4)23-19(22-17)16(13-20-5)12-15-8-6-7-14(11-15)9-10-21/h6-8,11-12,20-21H,9-10,13H2,1-5H3. The lowest BCUT2D eigenvalue weighted by molar-refractivity contribution is 0.00578. The number of rotatable bonds is 6. The zero-order valence-electron chi connectivity index (χ0n) is 14.8. The Morgan fingerprint density at radius 1 is 1.22 bits per heavy atom. The van der Waals surface area contributed by atoms with Crippen LogP contribution in [0.4, 0.5) is 0 Å². The number of aliphatic hydroxyl groups is 1. The zero-order chi connectivity index (χ0) is 17.1. The van der Waals surface area contributed by atoms with Gasteiger partial charge in [-0.1, -0.05) is 30.3 Å². The van der Waals surface area contributed by atoms with Crippen LogP contribution in [-0.4, -0.2) is 43.6 Å². The predicted octanol–water partition coefficient (Wildman–Crippen LogP) is 2.46. The van der Waals surface area contributed by atoms with Crippen molar-refractivity contribution in [2.45, 2.75) is 45.3 Å². The Balaban J connectivity index is 2.27. The van der Waals surface area contributed by atoms with Crippen LogP contribution in [-0.2, 0) is 15.7 Å². The van der Waals surface area contributed by atoms with Crippen molar-refractivity contribution in [3.05, 3.63) is 40.9 Å². The fraction of sp³-hybridized carbons (Fsp3) is 0.556. The van der Waals surface area contributed by atoms with E-state index < -0.39 is 0 Å². The summed E-state index contributed by atoms with van der Waals surface area (Å²) >= 11 is 0. The summed E-state index contributed by atoms with van der Waals surface area (Å²) in [6.45, 7) is 9.10. The summed E-state index contributed by atoms with van der Waals surface area (Å²) in [5.41, 5.74) is 2.59. The molecule has 0 aromatic heterocycles. The van der Waals surface area contributed by atoms with Crippen LogP contribution in [0.25, 0.3) is 6.08 Å². The predicted molar refractivity (Wildman–Crippen MR) is 95.2 cm³/mol. The van der Waals surface area contributed by atoms with Crippen LogP contribution in [0.5, 0.6) is 0 Å². The normalized spacial score (nSPS) is 20.1. The summed E-state index contributed by atoms with van der Waals surface area (Å²) < 4.78 is 12.3. The molecule has 1 fully saturated rings. The van der Waals surface area contributed by atoms with E-state index in [0.29, 0.717) is 13.0 Å². The molecule has 1 aromatic rings. The van der Waals surface area contributed by atoms with Crippen molar-refractivity contribution in [3.8, 4) is 0 Å². The maximum absolute atomic E-state index is 9.10. The Kier molecular flexibility index (Phi) is 5.68. The van der Waals surface area contributed by atoms with Gasteiger partial charge in [0.1, 0.15) is 0 Å². The summed E-state index contributed by atoms with van der Waals surface area (Å²) in [6.07, 6.45) is 2.78. The van der Waals surface area contributed by atoms with Gasteiger partial charge < -0.3 is 19.7 Å². The van der Waals surface area contributed by atoms with E-state index >= 15 is 0 Å². The molecule has 23 heavy (non-hydrogen) atoms. The quantitative estimate of drug-likeness (QED) is 0.792. The molecule has 126 valence electrons. The summed E-state index contributed by atoms with van der Waals surface area (Å²) in [5, 5.41) is 12.3. The lowest BCUT2D eigenvalue weighted by Crippen LogP contribution is -2.41. The maximum atomic E-state index is 9.10. The van der Waals surface area contributed by atoms with Gasteiger partial charge in [0.25, 0.3) is 0 Å². The van der Waals surface area contributed by atoms with E-state index in [1.165, 1.54) is 0 Å². The lowest BCUT2D eigenvalue weighted by Gasteiger charge is -2.32. The third kappa shape index (κ3) is 4.24. The largest absolute Gasteiger partial charge is 0.491 e. The van der Waals surface area contributed by atoms with Crippen LogP contribution in [0.1, 0.15) is 38.8 Å². The molecule has 0 atom stereocenters. The SMILES string of the molecule is CNCC(=Cc1cccc(CCO)c1)B1OC(C)(C)C(C)(C)O1. The minimum Gasteiger partial charge on any atom is -0.400 e. The first-order valence-electron chi connectivity index (χ1n) is 8.19. The van der Waals surface area contributed by atoms with Gasteiger partial charge in [0.2, 0.25) is 0 Å². The van der Waals surface area contributed by atoms with Gasteiger partial charge in [-0.15, -0.1) is 0 Å². The Morgan fingerprint density at radius 3 is 2.43 bits per heavy atom. The first kappa shape index (κ1) is 18.2. The number of aliphatic hydroxyl groups excluding tert-OH is 1. The van der Waals surface area contributed by atoms with Gasteiger partial charge in [-0.3, -0.25) is 0 Å². The van der Waals surface area contributed by atoms with Crippen molar-refractivity contribution in [2.24, 2.45) is 0 Å². The van der Waals surface area contributed by atoms with Crippen molar-refractivity contribution in [1.29, 1.82) is 0 Å². The highest BCUT2D eigenvalue weighted by Gasteiger charge is 2.52. The van der Waals surface area contributed by atoms with Gasteiger partial charge in [0, 0.05) is 13.2 Å². The number of benzene rings is 1. The summed E-state index contributed by atoms with van der Waals surface area (Å²) in [6, 6.07) is 8.19. The van der Waals surface area contributed by atoms with Crippen molar-refractivity contribution >= 4 is 13.2 Å². The summed E-state index contributed by atoms with van der Waals surface area (Å²) in [7, 11) is 1.57. The minimum absolute atomic E-state index is 0.160. The second-order valence-corrected chi connectivity index (χ2v) is 7.06. The second-order valence-electron chi connectivity index (χ2n) is 7.06. The van der Waals surface area contributed by atoms with E-state index in [4.69, 9.17) is 14.4 Å². The van der Waals surface area contributed by atoms with Crippen LogP contribution >= 0.6 is 0 Å². The molecule has 0 amide bonds. The average Bonchev–Trinajstić information content (AvgIpc) is 2.68. The monoisotopic (exact) mass is 317 g/mol. The molecule has 1 aliphatic rings. The van der Waals surface area contributed by atoms with Crippen molar-refractivity contribution < 1.29 is 14.4 Å². The van der Waals surface area contributed by atoms with Crippen LogP contribution < -0.4 is 5.32 Å². The molecule has 0 aliphatic carbocycles. The second kappa shape index (κ2) is 7.18. The van der Waals surface area contributed by atoms with Crippen LogP contribution in [0.2, 0.25) is 0 Å². The van der Waals surface area contributed by atoms with Crippen LogP contribution in [0, 0.1) is 0 Å². The highest BCUT2D eigenvalue weighted by Crippen LogP contribution is 2.38. The molecule has 1 aliphatic heterocycles. The molecule has 0 spiro atoms. The fourth-order valence-corrected chi connectivity index (χ4v) is 2.58. The Hall–Kier alpha value is -1.14. The number of likely N-dealkylation sites (N-methyl/N-ethyl adjacent to an activating group) is 1. The van der Waals surface area contributed by atoms with Crippen molar-refractivity contribution in [3.63, 3.8) is 0 Å². The third-order valence-corrected chi connectivity index (χ3v) is 4.64. The van der Waals surface area contributed by atoms with E-state index in [0.717, 1.165) is 16.6 Å². The van der Waals surface area contributed by atoms with Gasteiger partial charge in [-0.05, 0) is 57.8 Å². The molecule has 5 heteroatoms. The minimum atomic E-state index is -0.353. The van der Waals surface area contributed by atoms with Gasteiger partial charge in [0.05, 0.1) is 11.2 Å². The van der Waals surface area contributed by atoms with E-state index in [-0.39, 0.29) is 24.9 Å². The third-order valence-electron chi connectivity index (χ3n) is 4.64. The first-order valence-corrected chi connectivity index (χ1v) is 8.19. The van der Waals surface area contributed by atoms with E-state index in [2.05, 4.69) is 51.2 Å². The van der Waals surface area contributed by atoms with E-state index in [1.807, 2.05) is 19.2 Å². The molecule has 0 bridgehead atoms. The summed E-state index contributed by atoms with van der Waals surface area (Å²) in [5.74, 6) is 0. The Morgan fingerprint density at radius 2 is 1.87 bits per heavy atom. The lowest BCUT2D eigenvalue weighted by atomic mass is 9.77. The summed E-state index contributed by atoms with van der Waals surface area (Å²) in [4.78, 5) is 0. The molecule has 2 N–H and O–H groups in total. The van der Waals surface area contributed by atoms with E-state index in [9.17, 15) is 0 Å². The molecule has 1 aromatic carbocycles. The molecule has 2 rings (SSSR count). The zero-order valence-corrected chi connectivity index (χ0v) is 14.8. The van der Waals surface area contributed by atoms with Crippen LogP contribution in [0.15, 0.2) is 29.7 Å². The molecule has 4 nitrogen and oxygen atoms in total. The van der Waals surface area contributed by atoms with Gasteiger partial charge in [0.15, 0.2) is 0 Å². The molecule has 0 unspecified atom stereocenters. The highest BCUT2D eigenvalue weighted by molar-refractivity contribution is 6.55. The molecule has 0 radical (unpaired) electrons. The van der Waals surface area contributed by atoms with E-state index in [1.54, 1.807) is 0 Å². The van der Waals surface area contributed by atoms with Gasteiger partial charge in [-0.25, -0.2) is 0 Å². The molecular weight excluding hydrogens is 289 g/mol. The van der Waals surface area contributed by atoms with Gasteiger partial charge >= 0.3 is 7.12 Å². The number of nitrogens with one attached hydrogen (secondary N) is 1. The van der Waals surface area contributed by atoms with Crippen molar-refractivity contribution in [2.75, 3.05) is 20.2 Å². The highest BCUT2D eigenvalue weighted by atomic mass is 16.7. The Labute approximate surface area is 140 Å². The fourth-order valence-electron chi connectivity index (χ4n) is 2.58. The van der Waals surface area contributed by atoms with Crippen molar-refractivity contribution in [1.82, 2.24) is 5.32 Å². The molecule has 1 heterocycles.